The molecule has 1 heterocycles. The van der Waals surface area contributed by atoms with Gasteiger partial charge in [0, 0.05) is 11.2 Å². The zero-order valence-electron chi connectivity index (χ0n) is 12.7. The first-order valence-electron chi connectivity index (χ1n) is 7.30. The Morgan fingerprint density at radius 1 is 0.875 bits per heavy atom. The molecule has 0 radical (unpaired) electrons. The third-order valence-electron chi connectivity index (χ3n) is 3.51. The molecule has 0 spiro atoms. The third-order valence-corrected chi connectivity index (χ3v) is 5.18. The lowest BCUT2D eigenvalue weighted by molar-refractivity contribution is 0.580. The molecule has 0 saturated heterocycles. The van der Waals surface area contributed by atoms with Gasteiger partial charge in [0.1, 0.15) is 0 Å². The molecule has 4 nitrogen and oxygen atoms in total. The van der Waals surface area contributed by atoms with Gasteiger partial charge in [-0.15, -0.1) is 0 Å². The summed E-state index contributed by atoms with van der Waals surface area (Å²) in [6, 6.07) is 19.5. The number of rotatable bonds is 5. The lowest BCUT2D eigenvalue weighted by Crippen LogP contribution is -2.23. The number of halogens is 1. The molecule has 0 unspecified atom stereocenters. The van der Waals surface area contributed by atoms with Gasteiger partial charge in [-0.25, -0.2) is 13.1 Å². The first kappa shape index (κ1) is 16.6. The van der Waals surface area contributed by atoms with Crippen LogP contribution in [-0.2, 0) is 16.6 Å². The number of benzene rings is 2. The first-order valence-corrected chi connectivity index (χ1v) is 9.16. The topological polar surface area (TPSA) is 59.1 Å². The molecule has 0 saturated carbocycles. The molecule has 0 atom stereocenters. The van der Waals surface area contributed by atoms with E-state index in [-0.39, 0.29) is 11.4 Å². The Hall–Kier alpha value is -2.21. The van der Waals surface area contributed by atoms with Crippen LogP contribution in [0.5, 0.6) is 0 Å². The smallest absolute Gasteiger partial charge is 0.240 e. The van der Waals surface area contributed by atoms with Crippen molar-refractivity contribution in [2.45, 2.75) is 11.4 Å². The van der Waals surface area contributed by atoms with Crippen molar-refractivity contribution < 1.29 is 8.42 Å². The number of pyridine rings is 1. The predicted molar refractivity (Wildman–Crippen MR) is 95.2 cm³/mol. The molecule has 0 aliphatic rings. The molecule has 6 heteroatoms. The lowest BCUT2D eigenvalue weighted by Gasteiger charge is -2.08. The maximum Gasteiger partial charge on any atom is 0.240 e. The van der Waals surface area contributed by atoms with Crippen molar-refractivity contribution in [1.29, 1.82) is 0 Å². The Bertz CT molecular complexity index is 909. The molecular formula is C18H15ClN2O2S. The largest absolute Gasteiger partial charge is 0.260 e. The zero-order valence-corrected chi connectivity index (χ0v) is 14.3. The summed E-state index contributed by atoms with van der Waals surface area (Å²) in [6.45, 7) is 0.155. The van der Waals surface area contributed by atoms with Gasteiger partial charge in [-0.1, -0.05) is 41.9 Å². The van der Waals surface area contributed by atoms with Crippen LogP contribution in [-0.4, -0.2) is 13.4 Å². The van der Waals surface area contributed by atoms with Crippen LogP contribution in [0.25, 0.3) is 11.1 Å². The Kier molecular flexibility index (Phi) is 4.94. The molecule has 2 aromatic carbocycles. The highest BCUT2D eigenvalue weighted by molar-refractivity contribution is 7.89. The van der Waals surface area contributed by atoms with E-state index in [0.717, 1.165) is 11.1 Å². The fourth-order valence-electron chi connectivity index (χ4n) is 2.22. The molecule has 122 valence electrons. The minimum atomic E-state index is -3.58. The third kappa shape index (κ3) is 4.00. The summed E-state index contributed by atoms with van der Waals surface area (Å²) in [6.07, 6.45) is 1.63. The molecule has 0 bridgehead atoms. The van der Waals surface area contributed by atoms with E-state index < -0.39 is 10.0 Å². The monoisotopic (exact) mass is 358 g/mol. The fraction of sp³-hybridized carbons (Fsp3) is 0.0556. The molecule has 3 rings (SSSR count). The number of hydrogen-bond donors (Lipinski definition) is 1. The Labute approximate surface area is 146 Å². The van der Waals surface area contributed by atoms with Crippen LogP contribution in [0, 0.1) is 0 Å². The highest BCUT2D eigenvalue weighted by atomic mass is 35.5. The van der Waals surface area contributed by atoms with E-state index in [4.69, 9.17) is 11.6 Å². The second-order valence-corrected chi connectivity index (χ2v) is 7.38. The van der Waals surface area contributed by atoms with Crippen LogP contribution in [0.2, 0.25) is 5.02 Å². The van der Waals surface area contributed by atoms with E-state index in [1.165, 1.54) is 0 Å². The standard InChI is InChI=1S/C18H15ClN2O2S/c19-16-8-4-14(5-9-16)15-6-10-18(11-7-15)24(22,23)21-13-17-3-1-2-12-20-17/h1-12,21H,13H2. The number of nitrogens with zero attached hydrogens (tertiary/aromatic N) is 1. The van der Waals surface area contributed by atoms with Gasteiger partial charge in [0.15, 0.2) is 0 Å². The lowest BCUT2D eigenvalue weighted by atomic mass is 10.1. The number of aromatic nitrogens is 1. The normalized spacial score (nSPS) is 11.4. The average molecular weight is 359 g/mol. The molecule has 3 aromatic rings. The van der Waals surface area contributed by atoms with E-state index in [9.17, 15) is 8.42 Å². The number of nitrogens with one attached hydrogen (secondary N) is 1. The van der Waals surface area contributed by atoms with Gasteiger partial charge < -0.3 is 0 Å². The Balaban J connectivity index is 1.75. The summed E-state index contributed by atoms with van der Waals surface area (Å²) in [4.78, 5) is 4.32. The van der Waals surface area contributed by atoms with Crippen LogP contribution in [0.1, 0.15) is 5.69 Å². The molecule has 0 aliphatic carbocycles. The summed E-state index contributed by atoms with van der Waals surface area (Å²) >= 11 is 5.88. The molecule has 1 N–H and O–H groups in total. The minimum Gasteiger partial charge on any atom is -0.260 e. The number of sulfonamides is 1. The SMILES string of the molecule is O=S(=O)(NCc1ccccn1)c1ccc(-c2ccc(Cl)cc2)cc1. The second kappa shape index (κ2) is 7.13. The van der Waals surface area contributed by atoms with Crippen molar-refractivity contribution in [3.63, 3.8) is 0 Å². The van der Waals surface area contributed by atoms with Crippen LogP contribution < -0.4 is 4.72 Å². The van der Waals surface area contributed by atoms with E-state index in [1.807, 2.05) is 18.2 Å². The van der Waals surface area contributed by atoms with Gasteiger partial charge in [0.05, 0.1) is 17.1 Å². The fourth-order valence-corrected chi connectivity index (χ4v) is 3.35. The summed E-state index contributed by atoms with van der Waals surface area (Å²) in [5, 5.41) is 0.664. The van der Waals surface area contributed by atoms with Crippen molar-refractivity contribution in [2.24, 2.45) is 0 Å². The molecular weight excluding hydrogens is 344 g/mol. The van der Waals surface area contributed by atoms with Gasteiger partial charge in [-0.2, -0.15) is 0 Å². The van der Waals surface area contributed by atoms with E-state index in [2.05, 4.69) is 9.71 Å². The average Bonchev–Trinajstić information content (AvgIpc) is 2.62. The van der Waals surface area contributed by atoms with Crippen LogP contribution in [0.15, 0.2) is 77.8 Å². The Morgan fingerprint density at radius 2 is 1.50 bits per heavy atom. The van der Waals surface area contributed by atoms with Gasteiger partial charge in [0.2, 0.25) is 10.0 Å². The van der Waals surface area contributed by atoms with Gasteiger partial charge in [0.25, 0.3) is 0 Å². The highest BCUT2D eigenvalue weighted by Crippen LogP contribution is 2.23. The molecule has 0 fully saturated rings. The molecule has 1 aromatic heterocycles. The van der Waals surface area contributed by atoms with E-state index in [0.29, 0.717) is 10.7 Å². The molecule has 24 heavy (non-hydrogen) atoms. The van der Waals surface area contributed by atoms with Crippen LogP contribution >= 0.6 is 11.6 Å². The maximum absolute atomic E-state index is 12.3. The highest BCUT2D eigenvalue weighted by Gasteiger charge is 2.14. The van der Waals surface area contributed by atoms with Crippen molar-refractivity contribution in [3.8, 4) is 11.1 Å². The Morgan fingerprint density at radius 3 is 2.08 bits per heavy atom. The predicted octanol–water partition coefficient (Wildman–Crippen LogP) is 3.88. The van der Waals surface area contributed by atoms with Crippen LogP contribution in [0.4, 0.5) is 0 Å². The molecule has 0 amide bonds. The van der Waals surface area contributed by atoms with Crippen molar-refractivity contribution in [1.82, 2.24) is 9.71 Å². The van der Waals surface area contributed by atoms with E-state index >= 15 is 0 Å². The summed E-state index contributed by atoms with van der Waals surface area (Å²) < 4.78 is 27.2. The van der Waals surface area contributed by atoms with Crippen molar-refractivity contribution >= 4 is 21.6 Å². The van der Waals surface area contributed by atoms with Crippen molar-refractivity contribution in [2.75, 3.05) is 0 Å². The van der Waals surface area contributed by atoms with Gasteiger partial charge >= 0.3 is 0 Å². The summed E-state index contributed by atoms with van der Waals surface area (Å²) in [5.41, 5.74) is 2.57. The van der Waals surface area contributed by atoms with Crippen molar-refractivity contribution in [3.05, 3.63) is 83.6 Å². The molecule has 0 aliphatic heterocycles. The number of hydrogen-bond acceptors (Lipinski definition) is 3. The maximum atomic E-state index is 12.3. The zero-order chi connectivity index (χ0) is 17.0. The van der Waals surface area contributed by atoms with E-state index in [1.54, 1.807) is 54.7 Å². The second-order valence-electron chi connectivity index (χ2n) is 5.18. The summed E-state index contributed by atoms with van der Waals surface area (Å²) in [5.74, 6) is 0. The first-order chi connectivity index (χ1) is 11.5. The van der Waals surface area contributed by atoms with Gasteiger partial charge in [-0.05, 0) is 47.5 Å². The van der Waals surface area contributed by atoms with Gasteiger partial charge in [-0.3, -0.25) is 4.98 Å². The van der Waals surface area contributed by atoms with Crippen LogP contribution in [0.3, 0.4) is 0 Å². The minimum absolute atomic E-state index is 0.155. The quantitative estimate of drug-likeness (QED) is 0.753. The summed E-state index contributed by atoms with van der Waals surface area (Å²) in [7, 11) is -3.58.